The fourth-order valence-electron chi connectivity index (χ4n) is 4.17. The molecule has 23 heavy (non-hydrogen) atoms. The van der Waals surface area contributed by atoms with Crippen molar-refractivity contribution in [3.8, 4) is 5.75 Å². The zero-order chi connectivity index (χ0) is 15.5. The molecule has 0 aliphatic carbocycles. The van der Waals surface area contributed by atoms with Crippen molar-refractivity contribution in [2.45, 2.75) is 43.9 Å². The van der Waals surface area contributed by atoms with Crippen LogP contribution in [0.4, 0.5) is 0 Å². The monoisotopic (exact) mass is 318 g/mol. The molecule has 0 aromatic carbocycles. The predicted octanol–water partition coefficient (Wildman–Crippen LogP) is 2.12. The topological polar surface area (TPSA) is 43.8 Å². The van der Waals surface area contributed by atoms with Gasteiger partial charge in [0.25, 0.3) is 0 Å². The normalized spacial score (nSPS) is 32.6. The lowest BCUT2D eigenvalue weighted by Crippen LogP contribution is -2.44. The molecule has 3 atom stereocenters. The van der Waals surface area contributed by atoms with Gasteiger partial charge in [-0.15, -0.1) is 0 Å². The summed E-state index contributed by atoms with van der Waals surface area (Å²) in [4.78, 5) is 6.76. The predicted molar refractivity (Wildman–Crippen MR) is 86.5 cm³/mol. The molecule has 1 aromatic heterocycles. The van der Waals surface area contributed by atoms with Crippen LogP contribution >= 0.6 is 0 Å². The molecule has 3 fully saturated rings. The lowest BCUT2D eigenvalue weighted by Gasteiger charge is -2.34. The summed E-state index contributed by atoms with van der Waals surface area (Å²) in [5.41, 5.74) is 0. The Bertz CT molecular complexity index is 492. The van der Waals surface area contributed by atoms with E-state index in [0.29, 0.717) is 6.04 Å². The maximum Gasteiger partial charge on any atom is 0.139 e. The molecule has 0 amide bonds. The summed E-state index contributed by atoms with van der Waals surface area (Å²) in [7, 11) is 0. The fraction of sp³-hybridized carbons (Fsp3) is 0.722. The zero-order valence-corrected chi connectivity index (χ0v) is 13.6. The van der Waals surface area contributed by atoms with E-state index in [4.69, 9.17) is 14.2 Å². The molecule has 3 aliphatic rings. The Morgan fingerprint density at radius 3 is 2.96 bits per heavy atom. The van der Waals surface area contributed by atoms with Crippen molar-refractivity contribution in [2.24, 2.45) is 5.92 Å². The summed E-state index contributed by atoms with van der Waals surface area (Å²) in [5.74, 6) is 1.60. The number of pyridine rings is 1. The first kappa shape index (κ1) is 15.4. The van der Waals surface area contributed by atoms with Gasteiger partial charge < -0.3 is 14.2 Å². The molecule has 5 nitrogen and oxygen atoms in total. The van der Waals surface area contributed by atoms with E-state index in [0.717, 1.165) is 51.0 Å². The van der Waals surface area contributed by atoms with Gasteiger partial charge in [0.2, 0.25) is 0 Å². The van der Waals surface area contributed by atoms with E-state index in [1.54, 1.807) is 12.4 Å². The van der Waals surface area contributed by atoms with Gasteiger partial charge in [-0.25, -0.2) is 0 Å². The van der Waals surface area contributed by atoms with Crippen LogP contribution in [0.2, 0.25) is 0 Å². The highest BCUT2D eigenvalue weighted by atomic mass is 16.5. The van der Waals surface area contributed by atoms with Crippen LogP contribution in [-0.4, -0.2) is 61.0 Å². The standard InChI is InChI=1S/C18H26N2O3/c1-3-15(11-19-7-1)23-17-13-20(12-14-5-9-21-10-6-14)16-4-2-8-22-18(16)17/h1,3,7,11,14,16-18H,2,4-6,8-10,12-13H2/t16-,17-,18-/m1/s1. The summed E-state index contributed by atoms with van der Waals surface area (Å²) in [6.45, 7) is 4.80. The van der Waals surface area contributed by atoms with Crippen LogP contribution < -0.4 is 4.74 Å². The van der Waals surface area contributed by atoms with Gasteiger partial charge >= 0.3 is 0 Å². The van der Waals surface area contributed by atoms with Gasteiger partial charge in [0.1, 0.15) is 18.0 Å². The van der Waals surface area contributed by atoms with Crippen molar-refractivity contribution in [3.05, 3.63) is 24.5 Å². The van der Waals surface area contributed by atoms with Gasteiger partial charge in [-0.2, -0.15) is 0 Å². The second-order valence-electron chi connectivity index (χ2n) is 6.90. The summed E-state index contributed by atoms with van der Waals surface area (Å²) < 4.78 is 17.8. The Labute approximate surface area is 137 Å². The maximum atomic E-state index is 6.21. The van der Waals surface area contributed by atoms with Crippen LogP contribution in [0, 0.1) is 5.92 Å². The third kappa shape index (κ3) is 3.52. The van der Waals surface area contributed by atoms with Gasteiger partial charge in [0, 0.05) is 45.1 Å². The molecule has 1 aromatic rings. The minimum Gasteiger partial charge on any atom is -0.485 e. The van der Waals surface area contributed by atoms with E-state index in [2.05, 4.69) is 9.88 Å². The number of ether oxygens (including phenoxy) is 3. The number of nitrogens with zero attached hydrogens (tertiary/aromatic N) is 2. The Kier molecular flexibility index (Phi) is 4.78. The number of fused-ring (bicyclic) bond motifs is 1. The van der Waals surface area contributed by atoms with Gasteiger partial charge in [0.05, 0.1) is 6.20 Å². The van der Waals surface area contributed by atoms with Crippen molar-refractivity contribution in [2.75, 3.05) is 32.9 Å². The van der Waals surface area contributed by atoms with Crippen LogP contribution in [0.3, 0.4) is 0 Å². The summed E-state index contributed by atoms with van der Waals surface area (Å²) in [6, 6.07) is 4.41. The van der Waals surface area contributed by atoms with Crippen molar-refractivity contribution in [1.82, 2.24) is 9.88 Å². The molecular formula is C18H26N2O3. The molecule has 4 rings (SSSR count). The highest BCUT2D eigenvalue weighted by molar-refractivity contribution is 5.17. The summed E-state index contributed by atoms with van der Waals surface area (Å²) in [6.07, 6.45) is 8.63. The van der Waals surface area contributed by atoms with E-state index in [9.17, 15) is 0 Å². The summed E-state index contributed by atoms with van der Waals surface area (Å²) in [5, 5.41) is 0. The van der Waals surface area contributed by atoms with Crippen LogP contribution in [0.25, 0.3) is 0 Å². The van der Waals surface area contributed by atoms with E-state index in [1.165, 1.54) is 19.3 Å². The molecule has 5 heteroatoms. The first-order valence-electron chi connectivity index (χ1n) is 8.90. The minimum absolute atomic E-state index is 0.115. The zero-order valence-electron chi connectivity index (χ0n) is 13.6. The molecule has 3 aliphatic heterocycles. The van der Waals surface area contributed by atoms with Crippen LogP contribution in [0.1, 0.15) is 25.7 Å². The molecule has 0 bridgehead atoms. The molecule has 0 unspecified atom stereocenters. The number of likely N-dealkylation sites (tertiary alicyclic amines) is 1. The largest absolute Gasteiger partial charge is 0.485 e. The smallest absolute Gasteiger partial charge is 0.139 e. The molecule has 0 radical (unpaired) electrons. The van der Waals surface area contributed by atoms with E-state index >= 15 is 0 Å². The van der Waals surface area contributed by atoms with Crippen molar-refractivity contribution < 1.29 is 14.2 Å². The average Bonchev–Trinajstić information content (AvgIpc) is 2.95. The molecule has 0 spiro atoms. The van der Waals surface area contributed by atoms with Crippen LogP contribution in [0.15, 0.2) is 24.5 Å². The molecule has 4 heterocycles. The van der Waals surface area contributed by atoms with Gasteiger partial charge in [-0.3, -0.25) is 9.88 Å². The van der Waals surface area contributed by atoms with Crippen molar-refractivity contribution in [3.63, 3.8) is 0 Å². The number of hydrogen-bond acceptors (Lipinski definition) is 5. The molecule has 0 N–H and O–H groups in total. The lowest BCUT2D eigenvalue weighted by molar-refractivity contribution is -0.0488. The highest BCUT2D eigenvalue weighted by Gasteiger charge is 2.45. The average molecular weight is 318 g/mol. The quantitative estimate of drug-likeness (QED) is 0.851. The first-order chi connectivity index (χ1) is 11.4. The van der Waals surface area contributed by atoms with Gasteiger partial charge in [-0.05, 0) is 43.7 Å². The molecular weight excluding hydrogens is 292 g/mol. The maximum absolute atomic E-state index is 6.21. The van der Waals surface area contributed by atoms with Crippen molar-refractivity contribution >= 4 is 0 Å². The molecule has 3 saturated heterocycles. The Hall–Kier alpha value is -1.17. The van der Waals surface area contributed by atoms with Gasteiger partial charge in [0.15, 0.2) is 0 Å². The minimum atomic E-state index is 0.115. The Balaban J connectivity index is 1.43. The van der Waals surface area contributed by atoms with Crippen LogP contribution in [0.5, 0.6) is 5.75 Å². The molecule has 126 valence electrons. The highest BCUT2D eigenvalue weighted by Crippen LogP contribution is 2.33. The second-order valence-corrected chi connectivity index (χ2v) is 6.90. The second kappa shape index (κ2) is 7.16. The Morgan fingerprint density at radius 2 is 2.13 bits per heavy atom. The summed E-state index contributed by atoms with van der Waals surface area (Å²) >= 11 is 0. The third-order valence-corrected chi connectivity index (χ3v) is 5.34. The Morgan fingerprint density at radius 1 is 1.22 bits per heavy atom. The molecule has 0 saturated carbocycles. The van der Waals surface area contributed by atoms with E-state index in [1.807, 2.05) is 12.1 Å². The number of rotatable bonds is 4. The van der Waals surface area contributed by atoms with Gasteiger partial charge in [-0.1, -0.05) is 0 Å². The van der Waals surface area contributed by atoms with E-state index in [-0.39, 0.29) is 12.2 Å². The van der Waals surface area contributed by atoms with E-state index < -0.39 is 0 Å². The van der Waals surface area contributed by atoms with Crippen molar-refractivity contribution in [1.29, 1.82) is 0 Å². The lowest BCUT2D eigenvalue weighted by atomic mass is 9.97. The fourth-order valence-corrected chi connectivity index (χ4v) is 4.17. The first-order valence-corrected chi connectivity index (χ1v) is 8.90. The number of hydrogen-bond donors (Lipinski definition) is 0. The SMILES string of the molecule is c1cncc(O[C@@H]2CN(CC3CCOCC3)[C@@H]3CCCO[C@H]32)c1. The third-order valence-electron chi connectivity index (χ3n) is 5.34. The van der Waals surface area contributed by atoms with Crippen LogP contribution in [-0.2, 0) is 9.47 Å². The number of aromatic nitrogens is 1.